The molecule has 0 aliphatic heterocycles. The molecule has 8 heteroatoms. The van der Waals surface area contributed by atoms with Crippen molar-refractivity contribution in [2.24, 2.45) is 0 Å². The number of benzene rings is 1. The zero-order chi connectivity index (χ0) is 13.3. The lowest BCUT2D eigenvalue weighted by Gasteiger charge is -2.05. The number of hydrogen-bond donors (Lipinski definition) is 1. The van der Waals surface area contributed by atoms with E-state index in [4.69, 9.17) is 11.6 Å². The molecule has 1 N–H and O–H groups in total. The highest BCUT2D eigenvalue weighted by Crippen LogP contribution is 2.35. The Hall–Kier alpha value is -0.630. The maximum absolute atomic E-state index is 12.7. The highest BCUT2D eigenvalue weighted by atomic mass is 79.9. The van der Waals surface area contributed by atoms with E-state index in [1.165, 1.54) is 30.3 Å². The summed E-state index contributed by atoms with van der Waals surface area (Å²) in [7, 11) is -3.70. The molecule has 0 unspecified atom stereocenters. The Kier molecular flexibility index (Phi) is 3.96. The van der Waals surface area contributed by atoms with Gasteiger partial charge in [-0.2, -0.15) is 0 Å². The van der Waals surface area contributed by atoms with E-state index in [1.807, 2.05) is 0 Å². The Labute approximate surface area is 121 Å². The van der Waals surface area contributed by atoms with Crippen molar-refractivity contribution in [2.75, 3.05) is 4.72 Å². The third-order valence-electron chi connectivity index (χ3n) is 1.98. The highest BCUT2D eigenvalue weighted by molar-refractivity contribution is 9.10. The molecule has 0 saturated heterocycles. The number of sulfonamides is 1. The summed E-state index contributed by atoms with van der Waals surface area (Å²) in [5, 5.41) is 0. The predicted molar refractivity (Wildman–Crippen MR) is 74.2 cm³/mol. The zero-order valence-electron chi connectivity index (χ0n) is 8.65. The molecule has 0 amide bonds. The monoisotopic (exact) mass is 369 g/mol. The van der Waals surface area contributed by atoms with Crippen LogP contribution < -0.4 is 4.72 Å². The number of halogens is 3. The number of rotatable bonds is 3. The molecule has 0 fully saturated rings. The maximum atomic E-state index is 12.7. The second-order valence-electron chi connectivity index (χ2n) is 3.30. The van der Waals surface area contributed by atoms with Crippen LogP contribution in [0.3, 0.4) is 0 Å². The smallest absolute Gasteiger partial charge is 0.271 e. The maximum Gasteiger partial charge on any atom is 0.271 e. The van der Waals surface area contributed by atoms with Crippen molar-refractivity contribution in [2.45, 2.75) is 4.21 Å². The van der Waals surface area contributed by atoms with Crippen molar-refractivity contribution in [1.82, 2.24) is 0 Å². The van der Waals surface area contributed by atoms with E-state index in [2.05, 4.69) is 20.7 Å². The van der Waals surface area contributed by atoms with Gasteiger partial charge in [0, 0.05) is 10.2 Å². The number of anilines is 1. The van der Waals surface area contributed by atoms with Crippen molar-refractivity contribution in [3.63, 3.8) is 0 Å². The standard InChI is InChI=1S/C10H6BrClFNO2S2/c11-8-5-9(17-10(8)12)18(15,16)14-7-3-1-6(13)2-4-7/h1-5,14H. The van der Waals surface area contributed by atoms with Crippen LogP contribution in [0.4, 0.5) is 10.1 Å². The van der Waals surface area contributed by atoms with Gasteiger partial charge in [0.15, 0.2) is 0 Å². The second-order valence-corrected chi connectivity index (χ2v) is 7.72. The van der Waals surface area contributed by atoms with Crippen molar-refractivity contribution >= 4 is 54.6 Å². The van der Waals surface area contributed by atoms with E-state index in [9.17, 15) is 12.8 Å². The van der Waals surface area contributed by atoms with Gasteiger partial charge in [0.2, 0.25) is 0 Å². The first-order chi connectivity index (χ1) is 8.38. The van der Waals surface area contributed by atoms with Gasteiger partial charge in [-0.1, -0.05) is 11.6 Å². The molecule has 3 nitrogen and oxygen atoms in total. The first-order valence-corrected chi connectivity index (χ1v) is 8.09. The minimum Gasteiger partial charge on any atom is -0.279 e. The largest absolute Gasteiger partial charge is 0.279 e. The van der Waals surface area contributed by atoms with Crippen molar-refractivity contribution in [1.29, 1.82) is 0 Å². The molecule has 0 spiro atoms. The molecule has 0 bridgehead atoms. The number of thiophene rings is 1. The summed E-state index contributed by atoms with van der Waals surface area (Å²) in [6.45, 7) is 0. The van der Waals surface area contributed by atoms with Gasteiger partial charge >= 0.3 is 0 Å². The fraction of sp³-hybridized carbons (Fsp3) is 0. The van der Waals surface area contributed by atoms with Crippen LogP contribution in [-0.4, -0.2) is 8.42 Å². The van der Waals surface area contributed by atoms with E-state index in [0.29, 0.717) is 8.81 Å². The second kappa shape index (κ2) is 5.16. The first-order valence-electron chi connectivity index (χ1n) is 4.62. The third-order valence-corrected chi connectivity index (χ3v) is 6.31. The Morgan fingerprint density at radius 2 is 1.89 bits per heavy atom. The van der Waals surface area contributed by atoms with Gasteiger partial charge < -0.3 is 0 Å². The molecule has 18 heavy (non-hydrogen) atoms. The van der Waals surface area contributed by atoms with Gasteiger partial charge in [-0.3, -0.25) is 4.72 Å². The molecule has 0 aliphatic carbocycles. The molecule has 2 rings (SSSR count). The predicted octanol–water partition coefficient (Wildman–Crippen LogP) is 4.10. The van der Waals surface area contributed by atoms with Crippen LogP contribution in [0, 0.1) is 5.82 Å². The van der Waals surface area contributed by atoms with Crippen molar-refractivity contribution < 1.29 is 12.8 Å². The van der Waals surface area contributed by atoms with Gasteiger partial charge in [0.25, 0.3) is 10.0 Å². The molecular formula is C10H6BrClFNO2S2. The van der Waals surface area contributed by atoms with Gasteiger partial charge in [-0.05, 0) is 46.3 Å². The first kappa shape index (κ1) is 13.8. The Morgan fingerprint density at radius 3 is 2.39 bits per heavy atom. The summed E-state index contributed by atoms with van der Waals surface area (Å²) in [6.07, 6.45) is 0. The molecule has 96 valence electrons. The quantitative estimate of drug-likeness (QED) is 0.884. The summed E-state index contributed by atoms with van der Waals surface area (Å²) < 4.78 is 40.0. The van der Waals surface area contributed by atoms with Crippen LogP contribution >= 0.6 is 38.9 Å². The highest BCUT2D eigenvalue weighted by Gasteiger charge is 2.19. The topological polar surface area (TPSA) is 46.2 Å². The van der Waals surface area contributed by atoms with Crippen LogP contribution in [0.1, 0.15) is 0 Å². The van der Waals surface area contributed by atoms with Crippen molar-refractivity contribution in [3.05, 3.63) is 45.0 Å². The van der Waals surface area contributed by atoms with E-state index in [0.717, 1.165) is 11.3 Å². The van der Waals surface area contributed by atoms with Crippen LogP contribution in [0.25, 0.3) is 0 Å². The Bertz CT molecular complexity index is 650. The Morgan fingerprint density at radius 1 is 1.28 bits per heavy atom. The summed E-state index contributed by atoms with van der Waals surface area (Å²) in [4.78, 5) is 0. The number of nitrogens with one attached hydrogen (secondary N) is 1. The summed E-state index contributed by atoms with van der Waals surface area (Å²) in [5.41, 5.74) is 0.289. The fourth-order valence-electron chi connectivity index (χ4n) is 1.18. The molecule has 0 radical (unpaired) electrons. The van der Waals surface area contributed by atoms with Crippen LogP contribution in [-0.2, 0) is 10.0 Å². The lowest BCUT2D eigenvalue weighted by atomic mass is 10.3. The average molecular weight is 371 g/mol. The normalized spacial score (nSPS) is 11.5. The van der Waals surface area contributed by atoms with E-state index >= 15 is 0 Å². The molecule has 1 aromatic heterocycles. The average Bonchev–Trinajstić information content (AvgIpc) is 2.63. The molecular weight excluding hydrogens is 365 g/mol. The minimum absolute atomic E-state index is 0.0868. The lowest BCUT2D eigenvalue weighted by molar-refractivity contribution is 0.603. The van der Waals surface area contributed by atoms with E-state index in [1.54, 1.807) is 0 Å². The van der Waals surface area contributed by atoms with Gasteiger partial charge in [0.05, 0.1) is 0 Å². The van der Waals surface area contributed by atoms with Crippen LogP contribution in [0.2, 0.25) is 4.34 Å². The lowest BCUT2D eigenvalue weighted by Crippen LogP contribution is -2.11. The molecule has 0 atom stereocenters. The summed E-state index contributed by atoms with van der Waals surface area (Å²) >= 11 is 9.87. The number of hydrogen-bond acceptors (Lipinski definition) is 3. The molecule has 0 saturated carbocycles. The summed E-state index contributed by atoms with van der Waals surface area (Å²) in [5.74, 6) is -0.431. The summed E-state index contributed by atoms with van der Waals surface area (Å²) in [6, 6.07) is 6.46. The SMILES string of the molecule is O=S(=O)(Nc1ccc(F)cc1)c1cc(Br)c(Cl)s1. The zero-order valence-corrected chi connectivity index (χ0v) is 12.6. The van der Waals surface area contributed by atoms with Gasteiger partial charge in [0.1, 0.15) is 14.4 Å². The van der Waals surface area contributed by atoms with Gasteiger partial charge in [-0.15, -0.1) is 11.3 Å². The molecule has 2 aromatic rings. The minimum atomic E-state index is -3.70. The van der Waals surface area contributed by atoms with Gasteiger partial charge in [-0.25, -0.2) is 12.8 Å². The van der Waals surface area contributed by atoms with Crippen molar-refractivity contribution in [3.8, 4) is 0 Å². The van der Waals surface area contributed by atoms with E-state index < -0.39 is 15.8 Å². The van der Waals surface area contributed by atoms with Crippen LogP contribution in [0.15, 0.2) is 39.0 Å². The Balaban J connectivity index is 2.29. The van der Waals surface area contributed by atoms with E-state index in [-0.39, 0.29) is 9.90 Å². The fourth-order valence-corrected chi connectivity index (χ4v) is 4.54. The molecule has 1 aromatic carbocycles. The third kappa shape index (κ3) is 3.03. The van der Waals surface area contributed by atoms with Crippen LogP contribution in [0.5, 0.6) is 0 Å². The molecule has 0 aliphatic rings. The molecule has 1 heterocycles.